The lowest BCUT2D eigenvalue weighted by Crippen LogP contribution is -2.43. The zero-order valence-corrected chi connectivity index (χ0v) is 16.5. The molecule has 2 aromatic carbocycles. The highest BCUT2D eigenvalue weighted by Gasteiger charge is 2.12. The van der Waals surface area contributed by atoms with Crippen molar-refractivity contribution in [3.05, 3.63) is 63.6 Å². The van der Waals surface area contributed by atoms with Gasteiger partial charge >= 0.3 is 5.97 Å². The van der Waals surface area contributed by atoms with E-state index in [-0.39, 0.29) is 17.2 Å². The third-order valence-corrected chi connectivity index (χ3v) is 3.94. The Hall–Kier alpha value is -2.77. The summed E-state index contributed by atoms with van der Waals surface area (Å²) in [7, 11) is 0. The summed E-state index contributed by atoms with van der Waals surface area (Å²) >= 11 is 11.7. The molecule has 148 valence electrons. The van der Waals surface area contributed by atoms with Crippen LogP contribution >= 0.6 is 23.2 Å². The molecule has 2 N–H and O–H groups in total. The van der Waals surface area contributed by atoms with E-state index in [2.05, 4.69) is 10.9 Å². The number of esters is 1. The molecule has 0 saturated heterocycles. The first-order valence-corrected chi connectivity index (χ1v) is 9.10. The van der Waals surface area contributed by atoms with Gasteiger partial charge in [-0.3, -0.25) is 20.4 Å². The van der Waals surface area contributed by atoms with E-state index in [9.17, 15) is 14.4 Å². The molecule has 7 nitrogen and oxygen atoms in total. The van der Waals surface area contributed by atoms with Crippen LogP contribution < -0.4 is 15.6 Å². The van der Waals surface area contributed by atoms with E-state index in [1.54, 1.807) is 12.1 Å². The Labute approximate surface area is 171 Å². The normalized spacial score (nSPS) is 10.1. The lowest BCUT2D eigenvalue weighted by molar-refractivity contribution is -0.123. The third-order valence-electron chi connectivity index (χ3n) is 3.39. The lowest BCUT2D eigenvalue weighted by Gasteiger charge is -2.10. The van der Waals surface area contributed by atoms with Gasteiger partial charge in [0.15, 0.2) is 6.61 Å². The van der Waals surface area contributed by atoms with E-state index in [1.807, 2.05) is 6.92 Å². The Morgan fingerprint density at radius 3 is 2.36 bits per heavy atom. The largest absolute Gasteiger partial charge is 0.484 e. The molecule has 0 fully saturated rings. The van der Waals surface area contributed by atoms with Crippen molar-refractivity contribution in [2.75, 3.05) is 13.2 Å². The van der Waals surface area contributed by atoms with Gasteiger partial charge in [0.05, 0.1) is 22.8 Å². The Morgan fingerprint density at radius 2 is 1.71 bits per heavy atom. The number of ether oxygens (including phenoxy) is 2. The summed E-state index contributed by atoms with van der Waals surface area (Å²) in [5, 5.41) is 0.552. The van der Waals surface area contributed by atoms with Gasteiger partial charge in [0.1, 0.15) is 5.75 Å². The zero-order chi connectivity index (χ0) is 20.5. The standard InChI is InChI=1S/C19H18Cl2N2O5/c1-2-9-27-19(26)12-3-6-14(7-4-12)28-11-17(24)22-23-18(25)15-8-5-13(20)10-16(15)21/h3-8,10H,2,9,11H2,1H3,(H,22,24)(H,23,25). The lowest BCUT2D eigenvalue weighted by atomic mass is 10.2. The van der Waals surface area contributed by atoms with Gasteiger partial charge in [-0.2, -0.15) is 0 Å². The minimum absolute atomic E-state index is 0.160. The van der Waals surface area contributed by atoms with Crippen molar-refractivity contribution in [3.63, 3.8) is 0 Å². The van der Waals surface area contributed by atoms with Crippen molar-refractivity contribution >= 4 is 41.0 Å². The molecule has 0 bridgehead atoms. The molecule has 0 aliphatic carbocycles. The van der Waals surface area contributed by atoms with E-state index >= 15 is 0 Å². The smallest absolute Gasteiger partial charge is 0.338 e. The van der Waals surface area contributed by atoms with E-state index in [1.165, 1.54) is 30.3 Å². The number of hydrogen-bond acceptors (Lipinski definition) is 5. The van der Waals surface area contributed by atoms with E-state index < -0.39 is 17.8 Å². The summed E-state index contributed by atoms with van der Waals surface area (Å²) in [4.78, 5) is 35.5. The van der Waals surface area contributed by atoms with Crippen LogP contribution in [0.5, 0.6) is 5.75 Å². The fraction of sp³-hybridized carbons (Fsp3) is 0.211. The van der Waals surface area contributed by atoms with Crippen LogP contribution in [-0.2, 0) is 9.53 Å². The van der Waals surface area contributed by atoms with Gasteiger partial charge in [-0.15, -0.1) is 0 Å². The number of carbonyl (C=O) groups excluding carboxylic acids is 3. The van der Waals surface area contributed by atoms with Crippen molar-refractivity contribution in [1.29, 1.82) is 0 Å². The van der Waals surface area contributed by atoms with Crippen LogP contribution in [0.15, 0.2) is 42.5 Å². The predicted molar refractivity (Wildman–Crippen MR) is 105 cm³/mol. The van der Waals surface area contributed by atoms with Gasteiger partial charge in [-0.1, -0.05) is 30.1 Å². The van der Waals surface area contributed by atoms with Gasteiger partial charge in [0.25, 0.3) is 11.8 Å². The number of halogens is 2. The third kappa shape index (κ3) is 6.44. The molecule has 0 aliphatic heterocycles. The Bertz CT molecular complexity index is 856. The molecule has 0 radical (unpaired) electrons. The summed E-state index contributed by atoms with van der Waals surface area (Å²) in [5.74, 6) is -1.21. The highest BCUT2D eigenvalue weighted by molar-refractivity contribution is 6.36. The van der Waals surface area contributed by atoms with Gasteiger partial charge < -0.3 is 9.47 Å². The summed E-state index contributed by atoms with van der Waals surface area (Å²) < 4.78 is 10.3. The molecule has 28 heavy (non-hydrogen) atoms. The highest BCUT2D eigenvalue weighted by atomic mass is 35.5. The topological polar surface area (TPSA) is 93.7 Å². The van der Waals surface area contributed by atoms with E-state index in [4.69, 9.17) is 32.7 Å². The van der Waals surface area contributed by atoms with E-state index in [0.29, 0.717) is 22.9 Å². The van der Waals surface area contributed by atoms with Gasteiger partial charge in [-0.05, 0) is 48.9 Å². The van der Waals surface area contributed by atoms with Crippen LogP contribution in [0.4, 0.5) is 0 Å². The van der Waals surface area contributed by atoms with Crippen LogP contribution in [0.25, 0.3) is 0 Å². The van der Waals surface area contributed by atoms with Crippen LogP contribution in [-0.4, -0.2) is 31.0 Å². The second-order valence-corrected chi connectivity index (χ2v) is 6.42. The van der Waals surface area contributed by atoms with Crippen LogP contribution in [0.1, 0.15) is 34.1 Å². The molecule has 9 heteroatoms. The second kappa shape index (κ2) is 10.5. The fourth-order valence-corrected chi connectivity index (χ4v) is 2.51. The number of nitrogens with one attached hydrogen (secondary N) is 2. The number of hydrogen-bond donors (Lipinski definition) is 2. The average Bonchev–Trinajstić information content (AvgIpc) is 2.69. The Balaban J connectivity index is 1.79. The van der Waals surface area contributed by atoms with Gasteiger partial charge in [0.2, 0.25) is 0 Å². The number of carbonyl (C=O) groups is 3. The summed E-state index contributed by atoms with van der Waals surface area (Å²) in [6.07, 6.45) is 0.739. The maximum absolute atomic E-state index is 12.0. The van der Waals surface area contributed by atoms with Crippen molar-refractivity contribution in [3.8, 4) is 5.75 Å². The van der Waals surface area contributed by atoms with Crippen molar-refractivity contribution < 1.29 is 23.9 Å². The first-order valence-electron chi connectivity index (χ1n) is 8.35. The minimum atomic E-state index is -0.593. The maximum atomic E-state index is 12.0. The molecule has 2 rings (SSSR count). The molecule has 2 aromatic rings. The zero-order valence-electron chi connectivity index (χ0n) is 15.0. The minimum Gasteiger partial charge on any atom is -0.484 e. The molecule has 2 amide bonds. The van der Waals surface area contributed by atoms with Crippen LogP contribution in [0.3, 0.4) is 0 Å². The van der Waals surface area contributed by atoms with Gasteiger partial charge in [-0.25, -0.2) is 4.79 Å². The number of benzene rings is 2. The number of amides is 2. The maximum Gasteiger partial charge on any atom is 0.338 e. The Kier molecular flexibility index (Phi) is 8.10. The predicted octanol–water partition coefficient (Wildman–Crippen LogP) is 3.40. The number of rotatable bonds is 7. The quantitative estimate of drug-likeness (QED) is 0.524. The molecule has 0 aliphatic rings. The number of hydrazine groups is 1. The molecular weight excluding hydrogens is 407 g/mol. The summed E-state index contributed by atoms with van der Waals surface area (Å²) in [5.41, 5.74) is 5.00. The van der Waals surface area contributed by atoms with Gasteiger partial charge in [0, 0.05) is 5.02 Å². The molecule has 0 spiro atoms. The monoisotopic (exact) mass is 424 g/mol. The van der Waals surface area contributed by atoms with Crippen molar-refractivity contribution in [1.82, 2.24) is 10.9 Å². The SMILES string of the molecule is CCCOC(=O)c1ccc(OCC(=O)NNC(=O)c2ccc(Cl)cc2Cl)cc1. The van der Waals surface area contributed by atoms with Crippen molar-refractivity contribution in [2.24, 2.45) is 0 Å². The summed E-state index contributed by atoms with van der Waals surface area (Å²) in [6.45, 7) is 1.92. The molecule has 0 saturated carbocycles. The average molecular weight is 425 g/mol. The molecule has 0 atom stereocenters. The Morgan fingerprint density at radius 1 is 1.00 bits per heavy atom. The molecule has 0 aromatic heterocycles. The molecular formula is C19H18Cl2N2O5. The van der Waals surface area contributed by atoms with Crippen LogP contribution in [0, 0.1) is 0 Å². The molecule has 0 unspecified atom stereocenters. The fourth-order valence-electron chi connectivity index (χ4n) is 2.02. The van der Waals surface area contributed by atoms with Crippen LogP contribution in [0.2, 0.25) is 10.0 Å². The van der Waals surface area contributed by atoms with Crippen molar-refractivity contribution in [2.45, 2.75) is 13.3 Å². The summed E-state index contributed by atoms with van der Waals surface area (Å²) in [6, 6.07) is 10.5. The van der Waals surface area contributed by atoms with E-state index in [0.717, 1.165) is 6.42 Å². The highest BCUT2D eigenvalue weighted by Crippen LogP contribution is 2.20. The molecule has 0 heterocycles. The second-order valence-electron chi connectivity index (χ2n) is 5.58. The first-order chi connectivity index (χ1) is 13.4. The first kappa shape index (κ1) is 21.5.